The van der Waals surface area contributed by atoms with Gasteiger partial charge in [0, 0.05) is 6.04 Å². The molecule has 2 bridgehead atoms. The summed E-state index contributed by atoms with van der Waals surface area (Å²) in [4.78, 5) is 1.15. The Morgan fingerprint density at radius 1 is 1.47 bits per heavy atom. The second-order valence-electron chi connectivity index (χ2n) is 5.10. The third kappa shape index (κ3) is 1.81. The number of nitrogens with zero attached hydrogens (tertiary/aromatic N) is 2. The molecule has 3 rings (SSSR count). The zero-order valence-electron chi connectivity index (χ0n) is 8.80. The van der Waals surface area contributed by atoms with Gasteiger partial charge in [-0.3, -0.25) is 0 Å². The van der Waals surface area contributed by atoms with Crippen LogP contribution in [0.25, 0.3) is 0 Å². The highest BCUT2D eigenvalue weighted by Gasteiger charge is 2.39. The minimum absolute atomic E-state index is 0.175. The molecule has 0 aromatic carbocycles. The number of hydrogen-bond acceptors (Lipinski definition) is 4. The van der Waals surface area contributed by atoms with E-state index in [1.165, 1.54) is 37.2 Å². The maximum Gasteiger partial charge on any atom is 0.0669 e. The fraction of sp³-hybridized carbons (Fsp3) is 0.818. The van der Waals surface area contributed by atoms with Crippen LogP contribution in [-0.4, -0.2) is 9.59 Å². The molecule has 3 nitrogen and oxygen atoms in total. The van der Waals surface area contributed by atoms with Gasteiger partial charge in [-0.25, -0.2) is 0 Å². The summed E-state index contributed by atoms with van der Waals surface area (Å²) in [7, 11) is 0. The molecule has 1 aromatic heterocycles. The SMILES string of the molecule is NC(CC1CC2CCC1C2)c1cnns1. The van der Waals surface area contributed by atoms with Crippen LogP contribution >= 0.6 is 11.5 Å². The molecule has 0 amide bonds. The van der Waals surface area contributed by atoms with Crippen LogP contribution in [-0.2, 0) is 0 Å². The number of aromatic nitrogens is 2. The van der Waals surface area contributed by atoms with Gasteiger partial charge >= 0.3 is 0 Å². The summed E-state index contributed by atoms with van der Waals surface area (Å²) in [6.07, 6.45) is 8.78. The highest BCUT2D eigenvalue weighted by molar-refractivity contribution is 7.05. The summed E-state index contributed by atoms with van der Waals surface area (Å²) >= 11 is 1.45. The van der Waals surface area contributed by atoms with Gasteiger partial charge in [-0.2, -0.15) is 0 Å². The van der Waals surface area contributed by atoms with Crippen molar-refractivity contribution in [2.75, 3.05) is 0 Å². The van der Waals surface area contributed by atoms with E-state index in [0.717, 1.165) is 29.1 Å². The van der Waals surface area contributed by atoms with Crippen LogP contribution < -0.4 is 5.73 Å². The molecule has 1 aromatic rings. The molecule has 82 valence electrons. The molecular formula is C11H17N3S. The molecule has 0 radical (unpaired) electrons. The lowest BCUT2D eigenvalue weighted by Crippen LogP contribution is -2.18. The van der Waals surface area contributed by atoms with Gasteiger partial charge in [-0.1, -0.05) is 10.9 Å². The van der Waals surface area contributed by atoms with Crippen molar-refractivity contribution in [3.05, 3.63) is 11.1 Å². The fourth-order valence-electron chi connectivity index (χ4n) is 3.45. The quantitative estimate of drug-likeness (QED) is 0.856. The zero-order valence-corrected chi connectivity index (χ0v) is 9.62. The van der Waals surface area contributed by atoms with Crippen molar-refractivity contribution in [3.63, 3.8) is 0 Å². The minimum atomic E-state index is 0.175. The van der Waals surface area contributed by atoms with Gasteiger partial charge in [0.25, 0.3) is 0 Å². The molecule has 15 heavy (non-hydrogen) atoms. The second-order valence-corrected chi connectivity index (χ2v) is 5.91. The lowest BCUT2D eigenvalue weighted by atomic mass is 9.84. The summed E-state index contributed by atoms with van der Waals surface area (Å²) in [6.45, 7) is 0. The van der Waals surface area contributed by atoms with Crippen molar-refractivity contribution in [2.24, 2.45) is 23.5 Å². The van der Waals surface area contributed by atoms with Crippen LogP contribution in [0.1, 0.15) is 43.0 Å². The maximum atomic E-state index is 6.18. The summed E-state index contributed by atoms with van der Waals surface area (Å²) in [5.74, 6) is 2.87. The second kappa shape index (κ2) is 3.83. The average molecular weight is 223 g/mol. The van der Waals surface area contributed by atoms with E-state index in [-0.39, 0.29) is 6.04 Å². The summed E-state index contributed by atoms with van der Waals surface area (Å²) in [5, 5.41) is 3.85. The lowest BCUT2D eigenvalue weighted by Gasteiger charge is -2.23. The predicted molar refractivity (Wildman–Crippen MR) is 60.4 cm³/mol. The van der Waals surface area contributed by atoms with E-state index in [2.05, 4.69) is 9.59 Å². The van der Waals surface area contributed by atoms with Gasteiger partial charge in [0.15, 0.2) is 0 Å². The number of hydrogen-bond donors (Lipinski definition) is 1. The monoisotopic (exact) mass is 223 g/mol. The summed E-state index contributed by atoms with van der Waals surface area (Å²) in [5.41, 5.74) is 6.18. The highest BCUT2D eigenvalue weighted by atomic mass is 32.1. The molecule has 2 aliphatic rings. The van der Waals surface area contributed by atoms with Gasteiger partial charge in [0.05, 0.1) is 11.1 Å². The molecule has 2 fully saturated rings. The van der Waals surface area contributed by atoms with Crippen LogP contribution in [0.15, 0.2) is 6.20 Å². The Balaban J connectivity index is 1.62. The number of nitrogens with two attached hydrogens (primary N) is 1. The predicted octanol–water partition coefficient (Wildman–Crippen LogP) is 2.36. The van der Waals surface area contributed by atoms with E-state index in [9.17, 15) is 0 Å². The van der Waals surface area contributed by atoms with Crippen molar-refractivity contribution in [1.82, 2.24) is 9.59 Å². The van der Waals surface area contributed by atoms with Crippen molar-refractivity contribution in [1.29, 1.82) is 0 Å². The Morgan fingerprint density at radius 2 is 2.40 bits per heavy atom. The Bertz CT molecular complexity index is 325. The highest BCUT2D eigenvalue weighted by Crippen LogP contribution is 2.50. The first-order valence-electron chi connectivity index (χ1n) is 5.85. The maximum absolute atomic E-state index is 6.18. The Hall–Kier alpha value is -0.480. The van der Waals surface area contributed by atoms with Crippen LogP contribution in [0.2, 0.25) is 0 Å². The van der Waals surface area contributed by atoms with Gasteiger partial charge in [0.1, 0.15) is 0 Å². The molecule has 2 saturated carbocycles. The van der Waals surface area contributed by atoms with Gasteiger partial charge < -0.3 is 5.73 Å². The van der Waals surface area contributed by atoms with Gasteiger partial charge in [0.2, 0.25) is 0 Å². The standard InChI is InChI=1S/C11H17N3S/c12-10(11-6-13-14-15-11)5-9-4-7-1-2-8(9)3-7/h6-10H,1-5,12H2. The number of rotatable bonds is 3. The summed E-state index contributed by atoms with van der Waals surface area (Å²) in [6, 6.07) is 0.175. The molecule has 0 spiro atoms. The molecule has 2 N–H and O–H groups in total. The van der Waals surface area contributed by atoms with E-state index < -0.39 is 0 Å². The largest absolute Gasteiger partial charge is 0.323 e. The normalized spacial score (nSPS) is 35.9. The van der Waals surface area contributed by atoms with E-state index in [1.807, 2.05) is 6.20 Å². The van der Waals surface area contributed by atoms with E-state index in [1.54, 1.807) is 0 Å². The first kappa shape index (κ1) is 9.73. The van der Waals surface area contributed by atoms with Crippen molar-refractivity contribution >= 4 is 11.5 Å². The minimum Gasteiger partial charge on any atom is -0.323 e. The Kier molecular flexibility index (Phi) is 2.48. The molecule has 0 aliphatic heterocycles. The lowest BCUT2D eigenvalue weighted by molar-refractivity contribution is 0.297. The zero-order chi connectivity index (χ0) is 10.3. The summed E-state index contributed by atoms with van der Waals surface area (Å²) < 4.78 is 3.88. The van der Waals surface area contributed by atoms with Crippen LogP contribution in [0.3, 0.4) is 0 Å². The molecule has 2 aliphatic carbocycles. The van der Waals surface area contributed by atoms with Crippen LogP contribution in [0.4, 0.5) is 0 Å². The molecular weight excluding hydrogens is 206 g/mol. The smallest absolute Gasteiger partial charge is 0.0669 e. The van der Waals surface area contributed by atoms with Crippen molar-refractivity contribution < 1.29 is 0 Å². The van der Waals surface area contributed by atoms with Gasteiger partial charge in [-0.05, 0) is 55.0 Å². The molecule has 0 saturated heterocycles. The molecule has 4 heteroatoms. The van der Waals surface area contributed by atoms with Crippen molar-refractivity contribution in [3.8, 4) is 0 Å². The Morgan fingerprint density at radius 3 is 3.00 bits per heavy atom. The van der Waals surface area contributed by atoms with Gasteiger partial charge in [-0.15, -0.1) is 5.10 Å². The fourth-order valence-corrected chi connectivity index (χ4v) is 3.96. The first-order chi connectivity index (χ1) is 7.33. The van der Waals surface area contributed by atoms with E-state index >= 15 is 0 Å². The molecule has 1 heterocycles. The van der Waals surface area contributed by atoms with Crippen molar-refractivity contribution in [2.45, 2.75) is 38.1 Å². The van der Waals surface area contributed by atoms with E-state index in [0.29, 0.717) is 0 Å². The molecule has 4 atom stereocenters. The topological polar surface area (TPSA) is 51.8 Å². The van der Waals surface area contributed by atoms with Crippen LogP contribution in [0.5, 0.6) is 0 Å². The average Bonchev–Trinajstić information content (AvgIpc) is 2.95. The third-order valence-electron chi connectivity index (χ3n) is 4.19. The first-order valence-corrected chi connectivity index (χ1v) is 6.63. The van der Waals surface area contributed by atoms with E-state index in [4.69, 9.17) is 5.73 Å². The number of fused-ring (bicyclic) bond motifs is 2. The molecule has 4 unspecified atom stereocenters. The van der Waals surface area contributed by atoms with Crippen LogP contribution in [0, 0.1) is 17.8 Å². The Labute approximate surface area is 94.2 Å². The third-order valence-corrected chi connectivity index (χ3v) is 4.98.